The van der Waals surface area contributed by atoms with Crippen LogP contribution in [0.3, 0.4) is 0 Å². The molecular weight excluding hydrogens is 260 g/mol. The maximum atomic E-state index is 12.6. The number of hydrogen-bond donors (Lipinski definition) is 1. The summed E-state index contributed by atoms with van der Waals surface area (Å²) in [5.41, 5.74) is 0.709. The van der Waals surface area contributed by atoms with E-state index < -0.39 is 0 Å². The fourth-order valence-corrected chi connectivity index (χ4v) is 3.00. The van der Waals surface area contributed by atoms with Gasteiger partial charge in [-0.15, -0.1) is 0 Å². The van der Waals surface area contributed by atoms with Gasteiger partial charge >= 0.3 is 0 Å². The number of halogens is 1. The van der Waals surface area contributed by atoms with Crippen LogP contribution >= 0.6 is 11.6 Å². The molecule has 1 aromatic rings. The van der Waals surface area contributed by atoms with Crippen LogP contribution in [0, 0.1) is 0 Å². The molecule has 2 rings (SSSR count). The lowest BCUT2D eigenvalue weighted by molar-refractivity contribution is -0.137. The van der Waals surface area contributed by atoms with E-state index in [0.717, 1.165) is 31.4 Å². The van der Waals surface area contributed by atoms with Crippen LogP contribution in [-0.4, -0.2) is 29.9 Å². The zero-order chi connectivity index (χ0) is 13.9. The van der Waals surface area contributed by atoms with Gasteiger partial charge in [-0.1, -0.05) is 30.7 Å². The van der Waals surface area contributed by atoms with E-state index in [0.29, 0.717) is 11.6 Å². The topological polar surface area (TPSA) is 32.3 Å². The molecule has 1 fully saturated rings. The van der Waals surface area contributed by atoms with Crippen molar-refractivity contribution in [1.82, 2.24) is 10.2 Å². The average Bonchev–Trinajstić information content (AvgIpc) is 2.87. The van der Waals surface area contributed by atoms with Gasteiger partial charge in [0.05, 0.1) is 5.54 Å². The fraction of sp³-hybridized carbons (Fsp3) is 0.533. The SMILES string of the molecule is CCC1(C(=O)N(C)Cc2cccc(Cl)c2)CCCN1. The third kappa shape index (κ3) is 3.10. The van der Waals surface area contributed by atoms with Crippen molar-refractivity contribution in [1.29, 1.82) is 0 Å². The highest BCUT2D eigenvalue weighted by Gasteiger charge is 2.40. The summed E-state index contributed by atoms with van der Waals surface area (Å²) in [6.07, 6.45) is 2.85. The lowest BCUT2D eigenvalue weighted by Crippen LogP contribution is -2.53. The number of carbonyl (C=O) groups excluding carboxylic acids is 1. The second-order valence-corrected chi connectivity index (χ2v) is 5.69. The summed E-state index contributed by atoms with van der Waals surface area (Å²) >= 11 is 5.97. The number of amides is 1. The van der Waals surface area contributed by atoms with E-state index in [1.54, 1.807) is 4.90 Å². The first kappa shape index (κ1) is 14.4. The Morgan fingerprint density at radius 3 is 2.89 bits per heavy atom. The Balaban J connectivity index is 2.07. The van der Waals surface area contributed by atoms with Crippen molar-refractivity contribution in [3.05, 3.63) is 34.9 Å². The van der Waals surface area contributed by atoms with Gasteiger partial charge in [0.1, 0.15) is 0 Å². The second kappa shape index (κ2) is 5.93. The Morgan fingerprint density at radius 1 is 1.53 bits per heavy atom. The molecule has 0 radical (unpaired) electrons. The van der Waals surface area contributed by atoms with Gasteiger partial charge in [-0.3, -0.25) is 4.79 Å². The van der Waals surface area contributed by atoms with E-state index in [-0.39, 0.29) is 11.4 Å². The smallest absolute Gasteiger partial charge is 0.242 e. The van der Waals surface area contributed by atoms with Crippen LogP contribution in [0.4, 0.5) is 0 Å². The van der Waals surface area contributed by atoms with Gasteiger partial charge in [-0.05, 0) is 43.5 Å². The van der Waals surface area contributed by atoms with Crippen molar-refractivity contribution in [2.24, 2.45) is 0 Å². The molecule has 104 valence electrons. The maximum Gasteiger partial charge on any atom is 0.242 e. The summed E-state index contributed by atoms with van der Waals surface area (Å²) in [4.78, 5) is 14.4. The fourth-order valence-electron chi connectivity index (χ4n) is 2.79. The first-order valence-corrected chi connectivity index (χ1v) is 7.20. The molecule has 19 heavy (non-hydrogen) atoms. The zero-order valence-electron chi connectivity index (χ0n) is 11.6. The molecule has 1 unspecified atom stereocenters. The second-order valence-electron chi connectivity index (χ2n) is 5.26. The Labute approximate surface area is 119 Å². The molecule has 0 aromatic heterocycles. The van der Waals surface area contributed by atoms with Gasteiger partial charge in [0.15, 0.2) is 0 Å². The van der Waals surface area contributed by atoms with Gasteiger partial charge in [-0.25, -0.2) is 0 Å². The standard InChI is InChI=1S/C15H21ClN2O/c1-3-15(8-5-9-17-15)14(19)18(2)11-12-6-4-7-13(16)10-12/h4,6-7,10,17H,3,5,8-9,11H2,1-2H3. The van der Waals surface area contributed by atoms with Gasteiger partial charge in [0.25, 0.3) is 0 Å². The average molecular weight is 281 g/mol. The molecule has 1 atom stereocenters. The number of hydrogen-bond acceptors (Lipinski definition) is 2. The van der Waals surface area contributed by atoms with E-state index in [9.17, 15) is 4.79 Å². The molecule has 1 N–H and O–H groups in total. The lowest BCUT2D eigenvalue weighted by Gasteiger charge is -2.32. The zero-order valence-corrected chi connectivity index (χ0v) is 12.3. The van der Waals surface area contributed by atoms with Crippen LogP contribution in [-0.2, 0) is 11.3 Å². The summed E-state index contributed by atoms with van der Waals surface area (Å²) < 4.78 is 0. The molecule has 1 saturated heterocycles. The summed E-state index contributed by atoms with van der Waals surface area (Å²) in [5.74, 6) is 0.187. The highest BCUT2D eigenvalue weighted by Crippen LogP contribution is 2.25. The third-order valence-corrected chi connectivity index (χ3v) is 4.15. The summed E-state index contributed by atoms with van der Waals surface area (Å²) in [5, 5.41) is 4.09. The van der Waals surface area contributed by atoms with Crippen LogP contribution in [0.25, 0.3) is 0 Å². The monoisotopic (exact) mass is 280 g/mol. The first-order chi connectivity index (χ1) is 9.07. The highest BCUT2D eigenvalue weighted by molar-refractivity contribution is 6.30. The molecule has 1 aromatic carbocycles. The van der Waals surface area contributed by atoms with E-state index in [2.05, 4.69) is 12.2 Å². The first-order valence-electron chi connectivity index (χ1n) is 6.82. The molecule has 1 aliphatic rings. The summed E-state index contributed by atoms with van der Waals surface area (Å²) in [6, 6.07) is 7.67. The normalized spacial score (nSPS) is 22.5. The minimum absolute atomic E-state index is 0.187. The minimum Gasteiger partial charge on any atom is -0.340 e. The van der Waals surface area contributed by atoms with Gasteiger partial charge in [0, 0.05) is 18.6 Å². The Kier molecular flexibility index (Phi) is 4.48. The predicted octanol–water partition coefficient (Wildman–Crippen LogP) is 2.83. The quantitative estimate of drug-likeness (QED) is 0.920. The molecule has 1 aliphatic heterocycles. The number of nitrogens with zero attached hydrogens (tertiary/aromatic N) is 1. The van der Waals surface area contributed by atoms with Crippen molar-refractivity contribution in [2.45, 2.75) is 38.3 Å². The molecular formula is C15H21ClN2O. The highest BCUT2D eigenvalue weighted by atomic mass is 35.5. The number of nitrogens with one attached hydrogen (secondary N) is 1. The Morgan fingerprint density at radius 2 is 2.32 bits per heavy atom. The van der Waals surface area contributed by atoms with Crippen LogP contribution in [0.15, 0.2) is 24.3 Å². The number of rotatable bonds is 4. The van der Waals surface area contributed by atoms with Gasteiger partial charge < -0.3 is 10.2 Å². The molecule has 0 aliphatic carbocycles. The number of carbonyl (C=O) groups is 1. The van der Waals surface area contributed by atoms with E-state index >= 15 is 0 Å². The minimum atomic E-state index is -0.354. The number of benzene rings is 1. The van der Waals surface area contributed by atoms with Crippen molar-refractivity contribution in [3.8, 4) is 0 Å². The van der Waals surface area contributed by atoms with Crippen LogP contribution in [0.1, 0.15) is 31.7 Å². The molecule has 0 spiro atoms. The molecule has 0 saturated carbocycles. The van der Waals surface area contributed by atoms with E-state index in [1.165, 1.54) is 0 Å². The maximum absolute atomic E-state index is 12.6. The van der Waals surface area contributed by atoms with Crippen LogP contribution in [0.5, 0.6) is 0 Å². The van der Waals surface area contributed by atoms with Gasteiger partial charge in [-0.2, -0.15) is 0 Å². The van der Waals surface area contributed by atoms with Crippen molar-refractivity contribution in [3.63, 3.8) is 0 Å². The van der Waals surface area contributed by atoms with E-state index in [4.69, 9.17) is 11.6 Å². The molecule has 1 amide bonds. The Hall–Kier alpha value is -1.06. The van der Waals surface area contributed by atoms with Gasteiger partial charge in [0.2, 0.25) is 5.91 Å². The van der Waals surface area contributed by atoms with E-state index in [1.807, 2.05) is 31.3 Å². The van der Waals surface area contributed by atoms with Crippen molar-refractivity contribution >= 4 is 17.5 Å². The number of likely N-dealkylation sites (N-methyl/N-ethyl adjacent to an activating group) is 1. The largest absolute Gasteiger partial charge is 0.340 e. The summed E-state index contributed by atoms with van der Waals surface area (Å²) in [6.45, 7) is 3.61. The summed E-state index contributed by atoms with van der Waals surface area (Å²) in [7, 11) is 1.86. The molecule has 0 bridgehead atoms. The van der Waals surface area contributed by atoms with Crippen LogP contribution < -0.4 is 5.32 Å². The molecule has 3 nitrogen and oxygen atoms in total. The molecule has 4 heteroatoms. The lowest BCUT2D eigenvalue weighted by atomic mass is 9.92. The molecule has 1 heterocycles. The predicted molar refractivity (Wildman–Crippen MR) is 78.2 cm³/mol. The van der Waals surface area contributed by atoms with Crippen LogP contribution in [0.2, 0.25) is 5.02 Å². The van der Waals surface area contributed by atoms with Crippen molar-refractivity contribution in [2.75, 3.05) is 13.6 Å². The Bertz CT molecular complexity index is 455. The van der Waals surface area contributed by atoms with Crippen molar-refractivity contribution < 1.29 is 4.79 Å². The third-order valence-electron chi connectivity index (χ3n) is 3.91.